The Kier molecular flexibility index (Phi) is 3.68. The van der Waals surface area contributed by atoms with Gasteiger partial charge >= 0.3 is 0 Å². The molecular formula is C11H12N4. The van der Waals surface area contributed by atoms with Gasteiger partial charge in [-0.3, -0.25) is 0 Å². The Balaban J connectivity index is 2.96. The molecule has 0 spiro atoms. The maximum atomic E-state index is 8.81. The zero-order valence-electron chi connectivity index (χ0n) is 8.49. The first-order chi connectivity index (χ1) is 7.21. The molecule has 0 radical (unpaired) electrons. The smallest absolute Gasteiger partial charge is 0.101 e. The van der Waals surface area contributed by atoms with Gasteiger partial charge in [0.15, 0.2) is 0 Å². The topological polar surface area (TPSA) is 85.6 Å². The van der Waals surface area contributed by atoms with Gasteiger partial charge < -0.3 is 11.1 Å². The summed E-state index contributed by atoms with van der Waals surface area (Å²) in [6, 6.07) is 9.15. The van der Waals surface area contributed by atoms with Crippen molar-refractivity contribution in [2.45, 2.75) is 13.0 Å². The summed E-state index contributed by atoms with van der Waals surface area (Å²) in [7, 11) is 0. The molecule has 0 amide bonds. The second-order valence-electron chi connectivity index (χ2n) is 3.27. The van der Waals surface area contributed by atoms with E-state index in [1.54, 1.807) is 18.2 Å². The van der Waals surface area contributed by atoms with E-state index in [1.807, 2.05) is 19.1 Å². The van der Waals surface area contributed by atoms with Gasteiger partial charge in [-0.05, 0) is 25.1 Å². The summed E-state index contributed by atoms with van der Waals surface area (Å²) < 4.78 is 0. The number of benzene rings is 1. The van der Waals surface area contributed by atoms with Gasteiger partial charge in [0.2, 0.25) is 0 Å². The van der Waals surface area contributed by atoms with E-state index in [2.05, 4.69) is 5.32 Å². The van der Waals surface area contributed by atoms with Crippen molar-refractivity contribution < 1.29 is 0 Å². The molecule has 1 rings (SSSR count). The molecule has 15 heavy (non-hydrogen) atoms. The lowest BCUT2D eigenvalue weighted by atomic mass is 10.1. The van der Waals surface area contributed by atoms with Crippen molar-refractivity contribution in [1.29, 1.82) is 10.5 Å². The van der Waals surface area contributed by atoms with Crippen molar-refractivity contribution >= 4 is 5.69 Å². The number of hydrogen-bond donors (Lipinski definition) is 2. The molecule has 4 heteroatoms. The average molecular weight is 200 g/mol. The van der Waals surface area contributed by atoms with Gasteiger partial charge in [0.25, 0.3) is 0 Å². The summed E-state index contributed by atoms with van der Waals surface area (Å²) in [6.07, 6.45) is 0. The van der Waals surface area contributed by atoms with Crippen LogP contribution in [0.3, 0.4) is 0 Å². The molecule has 1 aromatic carbocycles. The molecule has 1 atom stereocenters. The number of nitrogens with one attached hydrogen (secondary N) is 1. The van der Waals surface area contributed by atoms with Crippen molar-refractivity contribution in [3.05, 3.63) is 29.3 Å². The van der Waals surface area contributed by atoms with E-state index in [1.165, 1.54) is 0 Å². The predicted molar refractivity (Wildman–Crippen MR) is 58.0 cm³/mol. The number of nitrogens with two attached hydrogens (primary N) is 1. The lowest BCUT2D eigenvalue weighted by molar-refractivity contribution is 0.804. The van der Waals surface area contributed by atoms with Gasteiger partial charge in [-0.2, -0.15) is 10.5 Å². The standard InChI is InChI=1S/C11H12N4/c1-8(5-12)15-11-3-2-9(6-13)10(4-11)7-14/h2-4,8,15H,5,12H2,1H3. The largest absolute Gasteiger partial charge is 0.381 e. The lowest BCUT2D eigenvalue weighted by Gasteiger charge is -2.12. The molecule has 0 aliphatic carbocycles. The molecule has 76 valence electrons. The molecule has 4 nitrogen and oxygen atoms in total. The Hall–Kier alpha value is -2.04. The maximum Gasteiger partial charge on any atom is 0.101 e. The fourth-order valence-corrected chi connectivity index (χ4v) is 1.17. The van der Waals surface area contributed by atoms with Crippen LogP contribution in [-0.2, 0) is 0 Å². The van der Waals surface area contributed by atoms with Gasteiger partial charge in [0.05, 0.1) is 11.1 Å². The zero-order valence-corrected chi connectivity index (χ0v) is 8.49. The SMILES string of the molecule is CC(CN)Nc1ccc(C#N)c(C#N)c1. The summed E-state index contributed by atoms with van der Waals surface area (Å²) in [6.45, 7) is 2.46. The minimum absolute atomic E-state index is 0.143. The van der Waals surface area contributed by atoms with E-state index in [-0.39, 0.29) is 6.04 Å². The molecule has 0 fully saturated rings. The highest BCUT2D eigenvalue weighted by atomic mass is 14.9. The minimum atomic E-state index is 0.143. The molecule has 0 saturated heterocycles. The zero-order chi connectivity index (χ0) is 11.3. The minimum Gasteiger partial charge on any atom is -0.381 e. The van der Waals surface area contributed by atoms with E-state index >= 15 is 0 Å². The van der Waals surface area contributed by atoms with Crippen LogP contribution in [0.25, 0.3) is 0 Å². The van der Waals surface area contributed by atoms with Crippen molar-refractivity contribution in [1.82, 2.24) is 0 Å². The normalized spacial score (nSPS) is 11.2. The van der Waals surface area contributed by atoms with Crippen LogP contribution in [-0.4, -0.2) is 12.6 Å². The van der Waals surface area contributed by atoms with Crippen LogP contribution in [0, 0.1) is 22.7 Å². The molecule has 0 aliphatic rings. The van der Waals surface area contributed by atoms with Crippen molar-refractivity contribution in [2.75, 3.05) is 11.9 Å². The third-order valence-corrected chi connectivity index (χ3v) is 2.03. The number of nitriles is 2. The van der Waals surface area contributed by atoms with Crippen LogP contribution in [0.2, 0.25) is 0 Å². The van der Waals surface area contributed by atoms with E-state index in [0.29, 0.717) is 17.7 Å². The first-order valence-electron chi connectivity index (χ1n) is 4.62. The van der Waals surface area contributed by atoms with Crippen LogP contribution in [0.5, 0.6) is 0 Å². The van der Waals surface area contributed by atoms with Gasteiger partial charge in [-0.15, -0.1) is 0 Å². The van der Waals surface area contributed by atoms with E-state index < -0.39 is 0 Å². The Bertz CT molecular complexity index is 425. The molecular weight excluding hydrogens is 188 g/mol. The third kappa shape index (κ3) is 2.70. The monoisotopic (exact) mass is 200 g/mol. The Morgan fingerprint density at radius 2 is 2.00 bits per heavy atom. The summed E-state index contributed by atoms with van der Waals surface area (Å²) in [4.78, 5) is 0. The van der Waals surface area contributed by atoms with Crippen molar-refractivity contribution in [3.63, 3.8) is 0 Å². The number of rotatable bonds is 3. The van der Waals surface area contributed by atoms with Crippen LogP contribution in [0.15, 0.2) is 18.2 Å². The molecule has 1 unspecified atom stereocenters. The van der Waals surface area contributed by atoms with Crippen LogP contribution >= 0.6 is 0 Å². The summed E-state index contributed by atoms with van der Waals surface area (Å²) in [5.41, 5.74) is 7.05. The van der Waals surface area contributed by atoms with E-state index in [0.717, 1.165) is 5.69 Å². The Morgan fingerprint density at radius 1 is 1.33 bits per heavy atom. The van der Waals surface area contributed by atoms with Crippen LogP contribution < -0.4 is 11.1 Å². The Morgan fingerprint density at radius 3 is 2.53 bits per heavy atom. The molecule has 1 aromatic rings. The molecule has 0 bridgehead atoms. The molecule has 0 heterocycles. The lowest BCUT2D eigenvalue weighted by Crippen LogP contribution is -2.25. The predicted octanol–water partition coefficient (Wildman–Crippen LogP) is 1.19. The first-order valence-corrected chi connectivity index (χ1v) is 4.62. The van der Waals surface area contributed by atoms with E-state index in [4.69, 9.17) is 16.3 Å². The van der Waals surface area contributed by atoms with Crippen molar-refractivity contribution in [2.24, 2.45) is 5.73 Å². The second-order valence-corrected chi connectivity index (χ2v) is 3.27. The average Bonchev–Trinajstić information content (AvgIpc) is 2.28. The highest BCUT2D eigenvalue weighted by Gasteiger charge is 2.04. The quantitative estimate of drug-likeness (QED) is 0.767. The summed E-state index contributed by atoms with van der Waals surface area (Å²) in [5.74, 6) is 0. The summed E-state index contributed by atoms with van der Waals surface area (Å²) in [5, 5.41) is 20.7. The Labute approximate surface area is 88.9 Å². The fourth-order valence-electron chi connectivity index (χ4n) is 1.17. The highest BCUT2D eigenvalue weighted by molar-refractivity contribution is 5.56. The number of nitrogens with zero attached hydrogens (tertiary/aromatic N) is 2. The molecule has 3 N–H and O–H groups in total. The van der Waals surface area contributed by atoms with E-state index in [9.17, 15) is 0 Å². The number of hydrogen-bond acceptors (Lipinski definition) is 4. The summed E-state index contributed by atoms with van der Waals surface area (Å²) >= 11 is 0. The third-order valence-electron chi connectivity index (χ3n) is 2.03. The fraction of sp³-hybridized carbons (Fsp3) is 0.273. The van der Waals surface area contributed by atoms with Gasteiger partial charge in [-0.1, -0.05) is 0 Å². The van der Waals surface area contributed by atoms with Crippen LogP contribution in [0.4, 0.5) is 5.69 Å². The maximum absolute atomic E-state index is 8.81. The number of anilines is 1. The molecule has 0 aromatic heterocycles. The molecule has 0 aliphatic heterocycles. The first kappa shape index (κ1) is 11.0. The van der Waals surface area contributed by atoms with Gasteiger partial charge in [-0.25, -0.2) is 0 Å². The van der Waals surface area contributed by atoms with Gasteiger partial charge in [0, 0.05) is 18.3 Å². The van der Waals surface area contributed by atoms with Crippen molar-refractivity contribution in [3.8, 4) is 12.1 Å². The molecule has 0 saturated carbocycles. The highest BCUT2D eigenvalue weighted by Crippen LogP contribution is 2.15. The van der Waals surface area contributed by atoms with Gasteiger partial charge in [0.1, 0.15) is 12.1 Å². The second kappa shape index (κ2) is 4.99. The van der Waals surface area contributed by atoms with Crippen LogP contribution in [0.1, 0.15) is 18.1 Å².